The molecule has 1 aliphatic rings. The second-order valence-electron chi connectivity index (χ2n) is 5.60. The molecule has 0 amide bonds. The number of hydrogen-bond acceptors (Lipinski definition) is 5. The van der Waals surface area contributed by atoms with Gasteiger partial charge in [0.05, 0.1) is 25.1 Å². The lowest BCUT2D eigenvalue weighted by Gasteiger charge is -2.27. The zero-order chi connectivity index (χ0) is 14.8. The molecule has 0 fully saturated rings. The first-order valence-electron chi connectivity index (χ1n) is 7.00. The maximum Gasteiger partial charge on any atom is 0.148 e. The lowest BCUT2D eigenvalue weighted by Crippen LogP contribution is -2.37. The molecule has 1 heterocycles. The van der Waals surface area contributed by atoms with Crippen molar-refractivity contribution in [2.45, 2.75) is 44.8 Å². The van der Waals surface area contributed by atoms with Gasteiger partial charge in [-0.15, -0.1) is 0 Å². The number of sulfone groups is 1. The number of nitrogens with zero attached hydrogens (tertiary/aromatic N) is 2. The van der Waals surface area contributed by atoms with E-state index in [1.807, 2.05) is 17.8 Å². The summed E-state index contributed by atoms with van der Waals surface area (Å²) in [6.45, 7) is 2.49. The van der Waals surface area contributed by atoms with Gasteiger partial charge in [-0.05, 0) is 26.2 Å². The van der Waals surface area contributed by atoms with Gasteiger partial charge in [0, 0.05) is 29.6 Å². The van der Waals surface area contributed by atoms with Crippen LogP contribution >= 0.6 is 0 Å². The number of rotatable bonds is 6. The van der Waals surface area contributed by atoms with E-state index in [9.17, 15) is 8.42 Å². The Labute approximate surface area is 120 Å². The van der Waals surface area contributed by atoms with Gasteiger partial charge in [-0.1, -0.05) is 0 Å². The number of aromatic nitrogens is 2. The van der Waals surface area contributed by atoms with Crippen LogP contribution in [-0.4, -0.2) is 48.0 Å². The van der Waals surface area contributed by atoms with Crippen LogP contribution in [0, 0.1) is 0 Å². The molecule has 7 heteroatoms. The second kappa shape index (κ2) is 6.24. The first-order valence-corrected chi connectivity index (χ1v) is 9.06. The average molecular weight is 301 g/mol. The minimum atomic E-state index is -2.97. The first-order chi connectivity index (χ1) is 9.40. The van der Waals surface area contributed by atoms with Crippen LogP contribution in [0.4, 0.5) is 0 Å². The number of nitrogens with one attached hydrogen (secondary N) is 1. The van der Waals surface area contributed by atoms with Gasteiger partial charge >= 0.3 is 0 Å². The van der Waals surface area contributed by atoms with Gasteiger partial charge < -0.3 is 10.4 Å². The van der Waals surface area contributed by atoms with Crippen molar-refractivity contribution in [3.63, 3.8) is 0 Å². The van der Waals surface area contributed by atoms with E-state index in [-0.39, 0.29) is 24.4 Å². The molecule has 0 radical (unpaired) electrons. The molecule has 2 N–H and O–H groups in total. The molecule has 0 spiro atoms. The lowest BCUT2D eigenvalue weighted by molar-refractivity contribution is 0.266. The van der Waals surface area contributed by atoms with Crippen LogP contribution in [0.5, 0.6) is 0 Å². The molecule has 2 rings (SSSR count). The van der Waals surface area contributed by atoms with Crippen molar-refractivity contribution >= 4 is 9.84 Å². The van der Waals surface area contributed by atoms with Crippen LogP contribution in [0.1, 0.15) is 37.1 Å². The lowest BCUT2D eigenvalue weighted by atomic mass is 9.92. The standard InChI is InChI=1S/C13H23N3O3S/c1-10(9-20(2,18)19)15-12-4-3-5-13-11(12)8-14-16(13)6-7-17/h8,10,12,15,17H,3-7,9H2,1-2H3. The predicted molar refractivity (Wildman–Crippen MR) is 77.3 cm³/mol. The van der Waals surface area contributed by atoms with Gasteiger partial charge in [0.2, 0.25) is 0 Å². The molecular weight excluding hydrogens is 278 g/mol. The van der Waals surface area contributed by atoms with E-state index in [1.165, 1.54) is 6.26 Å². The Morgan fingerprint density at radius 3 is 3.00 bits per heavy atom. The van der Waals surface area contributed by atoms with E-state index in [4.69, 9.17) is 5.11 Å². The number of fused-ring (bicyclic) bond motifs is 1. The molecule has 1 aromatic heterocycles. The SMILES string of the molecule is CC(CS(C)(=O)=O)NC1CCCc2c1cnn2CCO. The monoisotopic (exact) mass is 301 g/mol. The molecular formula is C13H23N3O3S. The van der Waals surface area contributed by atoms with Gasteiger partial charge in [0.1, 0.15) is 9.84 Å². The summed E-state index contributed by atoms with van der Waals surface area (Å²) in [7, 11) is -2.97. The van der Waals surface area contributed by atoms with E-state index >= 15 is 0 Å². The zero-order valence-corrected chi connectivity index (χ0v) is 12.9. The summed E-state index contributed by atoms with van der Waals surface area (Å²) in [5, 5.41) is 16.7. The fourth-order valence-electron chi connectivity index (χ4n) is 2.92. The van der Waals surface area contributed by atoms with E-state index < -0.39 is 9.84 Å². The van der Waals surface area contributed by atoms with Crippen LogP contribution in [0.3, 0.4) is 0 Å². The first kappa shape index (κ1) is 15.5. The molecule has 1 aliphatic carbocycles. The van der Waals surface area contributed by atoms with Gasteiger partial charge in [-0.2, -0.15) is 5.10 Å². The highest BCUT2D eigenvalue weighted by molar-refractivity contribution is 7.90. The highest BCUT2D eigenvalue weighted by atomic mass is 32.2. The summed E-state index contributed by atoms with van der Waals surface area (Å²) in [6, 6.07) is 0.0742. The normalized spacial score (nSPS) is 20.6. The van der Waals surface area contributed by atoms with Crippen molar-refractivity contribution in [1.82, 2.24) is 15.1 Å². The maximum absolute atomic E-state index is 11.3. The van der Waals surface area contributed by atoms with Crippen LogP contribution in [0.2, 0.25) is 0 Å². The highest BCUT2D eigenvalue weighted by Gasteiger charge is 2.25. The van der Waals surface area contributed by atoms with Crippen molar-refractivity contribution in [1.29, 1.82) is 0 Å². The van der Waals surface area contributed by atoms with Crippen LogP contribution in [0.15, 0.2) is 6.20 Å². The van der Waals surface area contributed by atoms with Crippen molar-refractivity contribution in [2.75, 3.05) is 18.6 Å². The van der Waals surface area contributed by atoms with Gasteiger partial charge in [-0.3, -0.25) is 4.68 Å². The van der Waals surface area contributed by atoms with E-state index in [0.717, 1.165) is 30.5 Å². The third-order valence-corrected chi connectivity index (χ3v) is 4.72. The van der Waals surface area contributed by atoms with E-state index in [2.05, 4.69) is 10.4 Å². The van der Waals surface area contributed by atoms with E-state index in [1.54, 1.807) is 0 Å². The summed E-state index contributed by atoms with van der Waals surface area (Å²) < 4.78 is 24.5. The summed E-state index contributed by atoms with van der Waals surface area (Å²) in [6.07, 6.45) is 6.11. The topological polar surface area (TPSA) is 84.2 Å². The Morgan fingerprint density at radius 1 is 1.60 bits per heavy atom. The fourth-order valence-corrected chi connectivity index (χ4v) is 3.93. The highest BCUT2D eigenvalue weighted by Crippen LogP contribution is 2.29. The molecule has 0 saturated carbocycles. The zero-order valence-electron chi connectivity index (χ0n) is 12.0. The van der Waals surface area contributed by atoms with Gasteiger partial charge in [0.15, 0.2) is 0 Å². The summed E-state index contributed by atoms with van der Waals surface area (Å²) in [5.41, 5.74) is 2.31. The summed E-state index contributed by atoms with van der Waals surface area (Å²) >= 11 is 0. The fraction of sp³-hybridized carbons (Fsp3) is 0.769. The molecule has 1 aromatic rings. The van der Waals surface area contributed by atoms with Crippen LogP contribution in [-0.2, 0) is 22.8 Å². The molecule has 114 valence electrons. The van der Waals surface area contributed by atoms with Crippen molar-refractivity contribution in [2.24, 2.45) is 0 Å². The van der Waals surface area contributed by atoms with Gasteiger partial charge in [0.25, 0.3) is 0 Å². The van der Waals surface area contributed by atoms with Crippen LogP contribution < -0.4 is 5.32 Å². The third-order valence-electron chi connectivity index (χ3n) is 3.61. The molecule has 0 saturated heterocycles. The largest absolute Gasteiger partial charge is 0.394 e. The minimum absolute atomic E-state index is 0.0801. The minimum Gasteiger partial charge on any atom is -0.394 e. The Hall–Kier alpha value is -0.920. The summed E-state index contributed by atoms with van der Waals surface area (Å²) in [5.74, 6) is 0.142. The second-order valence-corrected chi connectivity index (χ2v) is 7.78. The molecule has 20 heavy (non-hydrogen) atoms. The molecule has 2 unspecified atom stereocenters. The van der Waals surface area contributed by atoms with Crippen molar-refractivity contribution in [3.8, 4) is 0 Å². The smallest absolute Gasteiger partial charge is 0.148 e. The maximum atomic E-state index is 11.3. The predicted octanol–water partition coefficient (Wildman–Crippen LogP) is 0.275. The molecule has 0 aliphatic heterocycles. The van der Waals surface area contributed by atoms with Gasteiger partial charge in [-0.25, -0.2) is 8.42 Å². The van der Waals surface area contributed by atoms with Crippen molar-refractivity contribution in [3.05, 3.63) is 17.5 Å². The molecule has 2 atom stereocenters. The number of aliphatic hydroxyl groups excluding tert-OH is 1. The molecule has 6 nitrogen and oxygen atoms in total. The Kier molecular flexibility index (Phi) is 4.82. The Balaban J connectivity index is 2.09. The Bertz CT molecular complexity index is 553. The molecule has 0 bridgehead atoms. The average Bonchev–Trinajstić information content (AvgIpc) is 2.72. The van der Waals surface area contributed by atoms with Crippen LogP contribution in [0.25, 0.3) is 0 Å². The number of hydrogen-bond donors (Lipinski definition) is 2. The number of aliphatic hydroxyl groups is 1. The summed E-state index contributed by atoms with van der Waals surface area (Å²) in [4.78, 5) is 0. The third kappa shape index (κ3) is 3.80. The van der Waals surface area contributed by atoms with Crippen molar-refractivity contribution < 1.29 is 13.5 Å². The molecule has 0 aromatic carbocycles. The van der Waals surface area contributed by atoms with E-state index in [0.29, 0.717) is 6.54 Å². The Morgan fingerprint density at radius 2 is 2.35 bits per heavy atom. The quantitative estimate of drug-likeness (QED) is 0.788.